The first-order chi connectivity index (χ1) is 16.8. The number of amides is 1. The highest BCUT2D eigenvalue weighted by Gasteiger charge is 2.55. The number of esters is 1. The Labute approximate surface area is 213 Å². The number of nitrogens with zero attached hydrogens (tertiary/aromatic N) is 1. The third-order valence-corrected chi connectivity index (χ3v) is 8.78. The number of aliphatic hydroxyl groups excluding tert-OH is 2. The van der Waals surface area contributed by atoms with Crippen LogP contribution in [-0.4, -0.2) is 79.5 Å². The van der Waals surface area contributed by atoms with Gasteiger partial charge in [0.2, 0.25) is 12.3 Å². The van der Waals surface area contributed by atoms with E-state index in [1.165, 1.54) is 31.0 Å². The minimum atomic E-state index is -4.18. The van der Waals surface area contributed by atoms with Crippen LogP contribution in [0.5, 0.6) is 5.75 Å². The Balaban J connectivity index is 1.75. The highest BCUT2D eigenvalue weighted by Crippen LogP contribution is 2.49. The van der Waals surface area contributed by atoms with Crippen LogP contribution in [0, 0.1) is 0 Å². The molecule has 2 heterocycles. The maximum absolute atomic E-state index is 13.7. The highest BCUT2D eigenvalue weighted by molar-refractivity contribution is 8.00. The predicted molar refractivity (Wildman–Crippen MR) is 131 cm³/mol. The van der Waals surface area contributed by atoms with Crippen molar-refractivity contribution >= 4 is 31.4 Å². The number of thioether (sulfide) groups is 1. The van der Waals surface area contributed by atoms with E-state index in [1.54, 1.807) is 44.2 Å². The van der Waals surface area contributed by atoms with Crippen LogP contribution in [0.2, 0.25) is 0 Å². The number of carbonyl (C=O) groups excluding carboxylic acids is 2. The zero-order valence-corrected chi connectivity index (χ0v) is 22.0. The van der Waals surface area contributed by atoms with Crippen molar-refractivity contribution in [2.75, 3.05) is 6.61 Å². The quantitative estimate of drug-likeness (QED) is 0.208. The van der Waals surface area contributed by atoms with E-state index in [2.05, 4.69) is 10.4 Å². The van der Waals surface area contributed by atoms with Gasteiger partial charge in [-0.1, -0.05) is 18.2 Å². The molecule has 0 bridgehead atoms. The summed E-state index contributed by atoms with van der Waals surface area (Å²) in [6.45, 7) is 5.85. The molecule has 1 amide bonds. The predicted octanol–water partition coefficient (Wildman–Crippen LogP) is 0.895. The molecule has 1 aromatic rings. The summed E-state index contributed by atoms with van der Waals surface area (Å²) >= 11 is 1.06. The number of aliphatic hydroxyl groups is 3. The lowest BCUT2D eigenvalue weighted by Crippen LogP contribution is -2.58. The van der Waals surface area contributed by atoms with Crippen LogP contribution in [0.4, 0.5) is 0 Å². The Morgan fingerprint density at radius 3 is 2.56 bits per heavy atom. The number of carbonyl (C=O) groups is 2. The van der Waals surface area contributed by atoms with Crippen LogP contribution in [0.25, 0.3) is 0 Å². The monoisotopic (exact) mass is 545 g/mol. The maximum atomic E-state index is 13.7. The van der Waals surface area contributed by atoms with Crippen LogP contribution in [0.15, 0.2) is 42.6 Å². The second-order valence-electron chi connectivity index (χ2n) is 8.88. The van der Waals surface area contributed by atoms with Crippen molar-refractivity contribution in [3.63, 3.8) is 0 Å². The molecule has 7 atom stereocenters. The zero-order valence-electron chi connectivity index (χ0n) is 20.3. The summed E-state index contributed by atoms with van der Waals surface area (Å²) in [6.07, 6.45) is -0.661. The topological polar surface area (TPSA) is 167 Å². The Kier molecular flexibility index (Phi) is 9.10. The first kappa shape index (κ1) is 28.5. The van der Waals surface area contributed by atoms with Crippen molar-refractivity contribution in [3.8, 4) is 5.75 Å². The average Bonchev–Trinajstić information content (AvgIpc) is 3.01. The molecule has 2 aliphatic heterocycles. The van der Waals surface area contributed by atoms with Gasteiger partial charge in [0.1, 0.15) is 22.8 Å². The summed E-state index contributed by atoms with van der Waals surface area (Å²) in [5, 5.41) is 35.2. The van der Waals surface area contributed by atoms with Gasteiger partial charge in [0.25, 0.3) is 0 Å². The number of nitrogens with one attached hydrogen (secondary N) is 2. The van der Waals surface area contributed by atoms with E-state index in [0.717, 1.165) is 11.8 Å². The number of hydrogen-bond acceptors (Lipinski definition) is 11. The summed E-state index contributed by atoms with van der Waals surface area (Å²) in [5.74, 6) is -0.937. The van der Waals surface area contributed by atoms with E-state index in [9.17, 15) is 29.5 Å². The van der Waals surface area contributed by atoms with Gasteiger partial charge in [-0.15, -0.1) is 11.8 Å². The van der Waals surface area contributed by atoms with Gasteiger partial charge in [0, 0.05) is 12.3 Å². The van der Waals surface area contributed by atoms with Crippen molar-refractivity contribution in [2.45, 2.75) is 68.5 Å². The molecule has 3 rings (SSSR count). The van der Waals surface area contributed by atoms with Gasteiger partial charge in [-0.3, -0.25) is 14.1 Å². The lowest BCUT2D eigenvalue weighted by atomic mass is 9.96. The van der Waals surface area contributed by atoms with Gasteiger partial charge in [-0.2, -0.15) is 5.09 Å². The molecule has 1 fully saturated rings. The normalized spacial score (nSPS) is 30.6. The van der Waals surface area contributed by atoms with E-state index >= 15 is 0 Å². The molecule has 14 heteroatoms. The van der Waals surface area contributed by atoms with Crippen molar-refractivity contribution in [3.05, 3.63) is 42.6 Å². The molecule has 200 valence electrons. The molecular weight excluding hydrogens is 513 g/mol. The molecule has 2 aliphatic rings. The first-order valence-electron chi connectivity index (χ1n) is 11.3. The van der Waals surface area contributed by atoms with Crippen molar-refractivity contribution in [2.24, 2.45) is 0 Å². The highest BCUT2D eigenvalue weighted by atomic mass is 32.2. The molecule has 5 N–H and O–H groups in total. The van der Waals surface area contributed by atoms with Gasteiger partial charge in [-0.05, 0) is 39.8 Å². The average molecular weight is 546 g/mol. The molecule has 0 aromatic heterocycles. The van der Waals surface area contributed by atoms with Crippen molar-refractivity contribution in [1.82, 2.24) is 15.3 Å². The Morgan fingerprint density at radius 2 is 1.94 bits per heavy atom. The number of rotatable bonds is 10. The largest absolute Gasteiger partial charge is 0.462 e. The van der Waals surface area contributed by atoms with Crippen LogP contribution >= 0.6 is 19.5 Å². The lowest BCUT2D eigenvalue weighted by Gasteiger charge is -2.39. The van der Waals surface area contributed by atoms with Gasteiger partial charge in [-0.25, -0.2) is 4.57 Å². The fourth-order valence-corrected chi connectivity index (χ4v) is 6.86. The van der Waals surface area contributed by atoms with E-state index < -0.39 is 54.3 Å². The molecule has 0 saturated carbocycles. The second kappa shape index (κ2) is 11.5. The number of benzene rings is 1. The zero-order chi connectivity index (χ0) is 26.7. The number of hydrogen-bond donors (Lipinski definition) is 5. The molecule has 1 aromatic carbocycles. The van der Waals surface area contributed by atoms with Crippen LogP contribution < -0.4 is 14.9 Å². The molecule has 36 heavy (non-hydrogen) atoms. The first-order valence-corrected chi connectivity index (χ1v) is 13.8. The molecule has 0 spiro atoms. The summed E-state index contributed by atoms with van der Waals surface area (Å²) in [7, 11) is -4.18. The summed E-state index contributed by atoms with van der Waals surface area (Å²) < 4.78 is 30.0. The minimum Gasteiger partial charge on any atom is -0.462 e. The SMILES string of the molecule is CC(C)OC(=O)[C@@H](C)NP(=O)(OC[C@H]1S[C@@H](N2C=CC(=O)NC2O)[C@](C)(O)[C@@H]1O)Oc1ccccc1. The Morgan fingerprint density at radius 1 is 1.28 bits per heavy atom. The summed E-state index contributed by atoms with van der Waals surface area (Å²) in [5.41, 5.74) is -1.74. The van der Waals surface area contributed by atoms with Crippen LogP contribution in [-0.2, 0) is 23.4 Å². The van der Waals surface area contributed by atoms with E-state index in [-0.39, 0.29) is 18.5 Å². The third kappa shape index (κ3) is 6.80. The molecule has 12 nitrogen and oxygen atoms in total. The minimum absolute atomic E-state index is 0.222. The van der Waals surface area contributed by atoms with Crippen LogP contribution in [0.1, 0.15) is 27.7 Å². The fourth-order valence-electron chi connectivity index (χ4n) is 3.60. The van der Waals surface area contributed by atoms with Crippen LogP contribution in [0.3, 0.4) is 0 Å². The Bertz CT molecular complexity index is 1010. The molecule has 2 unspecified atom stereocenters. The lowest BCUT2D eigenvalue weighted by molar-refractivity contribution is -0.149. The standard InChI is InChI=1S/C22H32N3O9PS/c1-13(2)33-19(28)14(3)24-35(31,34-15-8-6-5-7-9-15)32-12-16-18(27)22(4,30)20(36-16)25-11-10-17(26)23-21(25)29/h5-11,13-14,16,18,20-21,27,29-30H,12H2,1-4H3,(H,23,26)(H,24,31)/t14-,16-,18-,20-,21?,22-,35?/m1/s1. The van der Waals surface area contributed by atoms with E-state index in [4.69, 9.17) is 13.8 Å². The van der Waals surface area contributed by atoms with E-state index in [0.29, 0.717) is 0 Å². The molecular formula is C22H32N3O9PS. The number of para-hydroxylation sites is 1. The Hall–Kier alpha value is -2.12. The summed E-state index contributed by atoms with van der Waals surface area (Å²) in [4.78, 5) is 25.1. The smallest absolute Gasteiger partial charge is 0.459 e. The van der Waals surface area contributed by atoms with Crippen molar-refractivity contribution in [1.29, 1.82) is 0 Å². The van der Waals surface area contributed by atoms with Gasteiger partial charge < -0.3 is 34.8 Å². The maximum Gasteiger partial charge on any atom is 0.459 e. The fraction of sp³-hybridized carbons (Fsp3) is 0.545. The van der Waals surface area contributed by atoms with Gasteiger partial charge >= 0.3 is 13.7 Å². The third-order valence-electron chi connectivity index (χ3n) is 5.41. The second-order valence-corrected chi connectivity index (χ2v) is 11.9. The van der Waals surface area contributed by atoms with Gasteiger partial charge in [0.05, 0.1) is 24.1 Å². The summed E-state index contributed by atoms with van der Waals surface area (Å²) in [6, 6.07) is 7.17. The van der Waals surface area contributed by atoms with Crippen molar-refractivity contribution < 1.29 is 43.3 Å². The molecule has 1 saturated heterocycles. The molecule has 0 aliphatic carbocycles. The molecule has 0 radical (unpaired) electrons. The van der Waals surface area contributed by atoms with Gasteiger partial charge in [0.15, 0.2) is 0 Å². The van der Waals surface area contributed by atoms with E-state index in [1.807, 2.05) is 0 Å². The number of ether oxygens (including phenoxy) is 1.